The number of carbonyl (C=O) groups is 6. The van der Waals surface area contributed by atoms with E-state index in [1.807, 2.05) is 37.3 Å². The zero-order chi connectivity index (χ0) is 35.4. The van der Waals surface area contributed by atoms with Crippen LogP contribution in [-0.2, 0) is 30.4 Å². The average molecular weight is 685 g/mol. The van der Waals surface area contributed by atoms with Crippen LogP contribution in [-0.4, -0.2) is 87.8 Å². The lowest BCUT2D eigenvalue weighted by Gasteiger charge is -2.29. The summed E-state index contributed by atoms with van der Waals surface area (Å²) in [4.78, 5) is 83.9. The molecule has 14 nitrogen and oxygen atoms in total. The second-order valence-electron chi connectivity index (χ2n) is 12.9. The molecule has 14 heteroatoms. The first-order valence-corrected chi connectivity index (χ1v) is 16.8. The van der Waals surface area contributed by atoms with E-state index < -0.39 is 47.9 Å². The molecule has 0 spiro atoms. The topological polar surface area (TPSA) is 203 Å². The third kappa shape index (κ3) is 7.64. The summed E-state index contributed by atoms with van der Waals surface area (Å²) in [6.45, 7) is 2.14. The van der Waals surface area contributed by atoms with Gasteiger partial charge < -0.3 is 40.7 Å². The van der Waals surface area contributed by atoms with Gasteiger partial charge in [-0.25, -0.2) is 4.79 Å². The molecule has 4 heterocycles. The van der Waals surface area contributed by atoms with Crippen molar-refractivity contribution in [3.63, 3.8) is 0 Å². The number of carboxylic acids is 1. The van der Waals surface area contributed by atoms with E-state index in [0.717, 1.165) is 22.2 Å². The fourth-order valence-electron chi connectivity index (χ4n) is 6.81. The summed E-state index contributed by atoms with van der Waals surface area (Å²) in [6.07, 6.45) is 0.957. The minimum Gasteiger partial charge on any atom is -0.480 e. The first-order valence-electron chi connectivity index (χ1n) is 16.8. The lowest BCUT2D eigenvalue weighted by Crippen LogP contribution is -2.55. The number of benzene rings is 2. The number of amides is 5. The summed E-state index contributed by atoms with van der Waals surface area (Å²) in [5, 5.41) is 22.5. The Hall–Kier alpha value is -5.66. The Bertz CT molecular complexity index is 1920. The number of fused-ring (bicyclic) bond motifs is 3. The summed E-state index contributed by atoms with van der Waals surface area (Å²) in [6, 6.07) is 12.1. The Morgan fingerprint density at radius 3 is 2.58 bits per heavy atom. The van der Waals surface area contributed by atoms with Crippen molar-refractivity contribution in [2.45, 2.75) is 76.0 Å². The van der Waals surface area contributed by atoms with E-state index >= 15 is 0 Å². The molecule has 0 bridgehead atoms. The number of aromatic amines is 1. The van der Waals surface area contributed by atoms with Crippen LogP contribution in [0.5, 0.6) is 0 Å². The highest BCUT2D eigenvalue weighted by atomic mass is 16.4. The number of nitrogens with zero attached hydrogens (tertiary/aromatic N) is 1. The highest BCUT2D eigenvalue weighted by Gasteiger charge is 2.43. The van der Waals surface area contributed by atoms with Crippen molar-refractivity contribution in [1.29, 1.82) is 0 Å². The predicted octanol–water partition coefficient (Wildman–Crippen LogP) is 2.30. The number of aliphatic carboxylic acids is 1. The summed E-state index contributed by atoms with van der Waals surface area (Å²) >= 11 is 0. The van der Waals surface area contributed by atoms with Gasteiger partial charge in [-0.15, -0.1) is 0 Å². The molecule has 4 aromatic rings. The number of para-hydroxylation sites is 2. The smallest absolute Gasteiger partial charge is 0.326 e. The molecule has 2 saturated heterocycles. The molecule has 50 heavy (non-hydrogen) atoms. The van der Waals surface area contributed by atoms with Crippen molar-refractivity contribution in [3.8, 4) is 0 Å². The van der Waals surface area contributed by atoms with Crippen molar-refractivity contribution >= 4 is 57.4 Å². The maximum Gasteiger partial charge on any atom is 0.326 e. The third-order valence-electron chi connectivity index (χ3n) is 9.39. The molecule has 0 aliphatic carbocycles. The number of carboxylic acid groups (broad SMARTS) is 1. The molecular weight excluding hydrogens is 644 g/mol. The van der Waals surface area contributed by atoms with Gasteiger partial charge in [-0.3, -0.25) is 24.0 Å². The van der Waals surface area contributed by atoms with Gasteiger partial charge in [-0.1, -0.05) is 36.4 Å². The van der Waals surface area contributed by atoms with Crippen molar-refractivity contribution in [2.24, 2.45) is 0 Å². The molecule has 2 aromatic carbocycles. The molecule has 2 aliphatic heterocycles. The van der Waals surface area contributed by atoms with Gasteiger partial charge in [0.15, 0.2) is 5.76 Å². The third-order valence-corrected chi connectivity index (χ3v) is 9.39. The van der Waals surface area contributed by atoms with Gasteiger partial charge in [0.2, 0.25) is 23.6 Å². The normalized spacial score (nSPS) is 22.3. The molecule has 6 N–H and O–H groups in total. The maximum absolute atomic E-state index is 14.3. The summed E-state index contributed by atoms with van der Waals surface area (Å²) < 4.78 is 5.72. The lowest BCUT2D eigenvalue weighted by atomic mass is 10.1. The van der Waals surface area contributed by atoms with Crippen molar-refractivity contribution in [2.75, 3.05) is 13.1 Å². The Balaban J connectivity index is 1.25. The average Bonchev–Trinajstić information content (AvgIpc) is 3.80. The van der Waals surface area contributed by atoms with Crippen LogP contribution in [0.25, 0.3) is 21.9 Å². The van der Waals surface area contributed by atoms with Gasteiger partial charge in [-0.2, -0.15) is 0 Å². The van der Waals surface area contributed by atoms with Crippen LogP contribution >= 0.6 is 0 Å². The summed E-state index contributed by atoms with van der Waals surface area (Å²) in [5.74, 6) is -3.86. The molecule has 6 rings (SSSR count). The zero-order valence-corrected chi connectivity index (χ0v) is 27.6. The second kappa shape index (κ2) is 14.8. The van der Waals surface area contributed by atoms with Gasteiger partial charge in [0.1, 0.15) is 23.7 Å². The van der Waals surface area contributed by atoms with E-state index in [4.69, 9.17) is 4.42 Å². The molecule has 2 aromatic heterocycles. The SMILES string of the molecule is Cc1[nH]c2ccccc2c1CC(=O)N[C@@H]1C[C@H]2C(=O)N[C@H](C(=O)O)CCC(=O)NCCCC[C@H](NC(=O)c3cc4ccccc4o3)C(=O)N2C1. The quantitative estimate of drug-likeness (QED) is 0.178. The predicted molar refractivity (Wildman–Crippen MR) is 182 cm³/mol. The monoisotopic (exact) mass is 684 g/mol. The van der Waals surface area contributed by atoms with Crippen LogP contribution < -0.4 is 21.3 Å². The molecule has 2 fully saturated rings. The van der Waals surface area contributed by atoms with E-state index in [-0.39, 0.29) is 62.8 Å². The maximum atomic E-state index is 14.3. The number of furan rings is 1. The molecule has 0 unspecified atom stereocenters. The van der Waals surface area contributed by atoms with Crippen LogP contribution in [0.15, 0.2) is 59.0 Å². The Morgan fingerprint density at radius 2 is 1.78 bits per heavy atom. The van der Waals surface area contributed by atoms with E-state index in [1.54, 1.807) is 24.3 Å². The molecule has 262 valence electrons. The molecule has 0 saturated carbocycles. The van der Waals surface area contributed by atoms with E-state index in [1.165, 1.54) is 4.90 Å². The van der Waals surface area contributed by atoms with Gasteiger partial charge in [-0.05, 0) is 62.8 Å². The number of carbonyl (C=O) groups excluding carboxylic acids is 5. The molecule has 5 amide bonds. The van der Waals surface area contributed by atoms with Gasteiger partial charge in [0.05, 0.1) is 6.42 Å². The number of rotatable bonds is 6. The fourth-order valence-corrected chi connectivity index (χ4v) is 6.81. The lowest BCUT2D eigenvalue weighted by molar-refractivity contribution is -0.144. The molecule has 2 aliphatic rings. The van der Waals surface area contributed by atoms with Gasteiger partial charge >= 0.3 is 5.97 Å². The van der Waals surface area contributed by atoms with Gasteiger partial charge in [0, 0.05) is 47.5 Å². The van der Waals surface area contributed by atoms with Crippen molar-refractivity contribution < 1.29 is 38.3 Å². The van der Waals surface area contributed by atoms with Crippen LogP contribution in [0.3, 0.4) is 0 Å². The van der Waals surface area contributed by atoms with E-state index in [2.05, 4.69) is 26.3 Å². The summed E-state index contributed by atoms with van der Waals surface area (Å²) in [7, 11) is 0. The Labute approximate surface area is 287 Å². The van der Waals surface area contributed by atoms with Crippen molar-refractivity contribution in [1.82, 2.24) is 31.2 Å². The number of aromatic nitrogens is 1. The molecule has 0 radical (unpaired) electrons. The Kier molecular flexibility index (Phi) is 10.2. The van der Waals surface area contributed by atoms with Crippen LogP contribution in [0, 0.1) is 6.92 Å². The van der Waals surface area contributed by atoms with Crippen LogP contribution in [0.1, 0.15) is 60.3 Å². The second-order valence-corrected chi connectivity index (χ2v) is 12.9. The Morgan fingerprint density at radius 1 is 1.00 bits per heavy atom. The first kappa shape index (κ1) is 34.2. The zero-order valence-electron chi connectivity index (χ0n) is 27.6. The largest absolute Gasteiger partial charge is 0.480 e. The number of H-pyrrole nitrogens is 1. The standard InChI is InChI=1S/C36H40N6O8/c1-20-24(23-9-3-4-10-25(23)38-20)18-32(44)39-22-17-28-33(45)41-27(36(48)49)13-14-31(43)37-15-7-6-11-26(35(47)42(28)19-22)40-34(46)30-16-21-8-2-5-12-29(21)50-30/h2-5,8-10,12,16,22,26-28,38H,6-7,11,13-15,17-19H2,1H3,(H,37,43)(H,39,44)(H,40,46)(H,41,45)(H,48,49)/t22-,26+,27+,28+/m1/s1. The van der Waals surface area contributed by atoms with Crippen molar-refractivity contribution in [3.05, 3.63) is 71.6 Å². The fraction of sp³-hybridized carbons (Fsp3) is 0.389. The highest BCUT2D eigenvalue weighted by molar-refractivity contribution is 6.00. The van der Waals surface area contributed by atoms with Crippen LogP contribution in [0.4, 0.5) is 0 Å². The first-order chi connectivity index (χ1) is 24.1. The molecule has 4 atom stereocenters. The number of hydrogen-bond donors (Lipinski definition) is 6. The van der Waals surface area contributed by atoms with E-state index in [9.17, 15) is 33.9 Å². The molecular formula is C36H40N6O8. The minimum atomic E-state index is -1.38. The number of nitrogens with one attached hydrogen (secondary N) is 5. The minimum absolute atomic E-state index is 0.0138. The number of aryl methyl sites for hydroxylation is 1. The number of hydrogen-bond acceptors (Lipinski definition) is 7. The van der Waals surface area contributed by atoms with E-state index in [0.29, 0.717) is 23.8 Å². The summed E-state index contributed by atoms with van der Waals surface area (Å²) in [5.41, 5.74) is 3.10. The van der Waals surface area contributed by atoms with Crippen LogP contribution in [0.2, 0.25) is 0 Å². The highest BCUT2D eigenvalue weighted by Crippen LogP contribution is 2.25. The van der Waals surface area contributed by atoms with Gasteiger partial charge in [0.25, 0.3) is 5.91 Å².